The Labute approximate surface area is 169 Å². The van der Waals surface area contributed by atoms with Gasteiger partial charge in [-0.25, -0.2) is 0 Å². The topological polar surface area (TPSA) is 75.3 Å². The molecule has 2 amide bonds. The number of carbonyl (C=O) groups is 3. The van der Waals surface area contributed by atoms with Crippen molar-refractivity contribution in [1.29, 1.82) is 0 Å². The van der Waals surface area contributed by atoms with Crippen LogP contribution in [-0.4, -0.2) is 17.6 Å². The molecule has 0 bridgehead atoms. The van der Waals surface area contributed by atoms with Gasteiger partial charge in [0.1, 0.15) is 0 Å². The molecule has 0 unspecified atom stereocenters. The van der Waals surface area contributed by atoms with Crippen LogP contribution in [0.3, 0.4) is 0 Å². The molecule has 5 nitrogen and oxygen atoms in total. The first-order valence-electron chi connectivity index (χ1n) is 9.34. The van der Waals surface area contributed by atoms with E-state index in [-0.39, 0.29) is 24.0 Å². The Morgan fingerprint density at radius 2 is 1.41 bits per heavy atom. The van der Waals surface area contributed by atoms with Crippen LogP contribution in [0.15, 0.2) is 84.9 Å². The molecule has 0 aliphatic heterocycles. The molecule has 2 N–H and O–H groups in total. The fraction of sp³-hybridized carbons (Fsp3) is 0.125. The molecule has 0 heterocycles. The van der Waals surface area contributed by atoms with Gasteiger partial charge in [-0.1, -0.05) is 60.7 Å². The third-order valence-electron chi connectivity index (χ3n) is 4.49. The summed E-state index contributed by atoms with van der Waals surface area (Å²) in [5.41, 5.74) is 2.44. The molecule has 0 fully saturated rings. The molecule has 0 aromatic heterocycles. The van der Waals surface area contributed by atoms with E-state index >= 15 is 0 Å². The van der Waals surface area contributed by atoms with E-state index in [1.165, 1.54) is 6.92 Å². The summed E-state index contributed by atoms with van der Waals surface area (Å²) in [7, 11) is 0. The lowest BCUT2D eigenvalue weighted by atomic mass is 10.0. The number of Topliss-reactive ketones (excluding diaryl/α,β-unsaturated/α-hetero) is 1. The Morgan fingerprint density at radius 1 is 0.793 bits per heavy atom. The van der Waals surface area contributed by atoms with Gasteiger partial charge >= 0.3 is 0 Å². The van der Waals surface area contributed by atoms with E-state index in [1.54, 1.807) is 48.5 Å². The highest BCUT2D eigenvalue weighted by molar-refractivity contribution is 5.98. The summed E-state index contributed by atoms with van der Waals surface area (Å²) in [6.07, 6.45) is 0.0624. The molecule has 3 rings (SSSR count). The van der Waals surface area contributed by atoms with E-state index in [0.29, 0.717) is 16.8 Å². The molecule has 0 aliphatic carbocycles. The molecule has 0 saturated carbocycles. The fourth-order valence-corrected chi connectivity index (χ4v) is 2.98. The smallest absolute Gasteiger partial charge is 0.251 e. The zero-order valence-corrected chi connectivity index (χ0v) is 16.1. The average Bonchev–Trinajstić information content (AvgIpc) is 2.74. The maximum absolute atomic E-state index is 12.6. The molecule has 0 saturated heterocycles. The fourth-order valence-electron chi connectivity index (χ4n) is 2.98. The second-order valence-electron chi connectivity index (χ2n) is 6.69. The van der Waals surface area contributed by atoms with E-state index in [0.717, 1.165) is 5.56 Å². The van der Waals surface area contributed by atoms with Gasteiger partial charge in [-0.3, -0.25) is 14.4 Å². The van der Waals surface area contributed by atoms with Crippen molar-refractivity contribution < 1.29 is 14.4 Å². The van der Waals surface area contributed by atoms with Crippen molar-refractivity contribution in [3.8, 4) is 0 Å². The van der Waals surface area contributed by atoms with Crippen molar-refractivity contribution in [2.75, 3.05) is 5.32 Å². The zero-order valence-electron chi connectivity index (χ0n) is 16.1. The van der Waals surface area contributed by atoms with Crippen LogP contribution < -0.4 is 10.6 Å². The Bertz CT molecular complexity index is 1000. The Kier molecular flexibility index (Phi) is 6.53. The first-order valence-corrected chi connectivity index (χ1v) is 9.34. The van der Waals surface area contributed by atoms with Crippen LogP contribution in [-0.2, 0) is 4.79 Å². The Morgan fingerprint density at radius 3 is 2.07 bits per heavy atom. The Balaban J connectivity index is 1.74. The van der Waals surface area contributed by atoms with Gasteiger partial charge in [0.25, 0.3) is 5.91 Å². The lowest BCUT2D eigenvalue weighted by molar-refractivity contribution is -0.116. The molecule has 5 heteroatoms. The van der Waals surface area contributed by atoms with E-state index in [2.05, 4.69) is 10.6 Å². The summed E-state index contributed by atoms with van der Waals surface area (Å²) in [5.74, 6) is -0.572. The molecule has 3 aromatic rings. The number of benzene rings is 3. The van der Waals surface area contributed by atoms with Gasteiger partial charge in [0.05, 0.1) is 12.5 Å². The summed E-state index contributed by atoms with van der Waals surface area (Å²) >= 11 is 0. The van der Waals surface area contributed by atoms with E-state index in [1.807, 2.05) is 36.4 Å². The second kappa shape index (κ2) is 9.46. The molecule has 0 aliphatic rings. The summed E-state index contributed by atoms with van der Waals surface area (Å²) in [6.45, 7) is 1.48. The second-order valence-corrected chi connectivity index (χ2v) is 6.69. The third-order valence-corrected chi connectivity index (χ3v) is 4.49. The molecule has 29 heavy (non-hydrogen) atoms. The van der Waals surface area contributed by atoms with Crippen LogP contribution >= 0.6 is 0 Å². The van der Waals surface area contributed by atoms with Crippen molar-refractivity contribution in [1.82, 2.24) is 5.32 Å². The number of amides is 2. The summed E-state index contributed by atoms with van der Waals surface area (Å²) in [5, 5.41) is 5.75. The van der Waals surface area contributed by atoms with Crippen LogP contribution in [0, 0.1) is 0 Å². The van der Waals surface area contributed by atoms with Crippen molar-refractivity contribution in [3.63, 3.8) is 0 Å². The van der Waals surface area contributed by atoms with Gasteiger partial charge in [0.2, 0.25) is 5.91 Å². The first kappa shape index (κ1) is 20.0. The van der Waals surface area contributed by atoms with Crippen LogP contribution in [0.5, 0.6) is 0 Å². The molecule has 0 spiro atoms. The number of anilines is 1. The zero-order chi connectivity index (χ0) is 20.6. The normalized spacial score (nSPS) is 11.3. The Hall–Kier alpha value is -3.73. The lowest BCUT2D eigenvalue weighted by Crippen LogP contribution is -2.31. The van der Waals surface area contributed by atoms with Crippen LogP contribution in [0.25, 0.3) is 0 Å². The summed E-state index contributed by atoms with van der Waals surface area (Å²) in [4.78, 5) is 36.8. The average molecular weight is 386 g/mol. The molecule has 3 aromatic carbocycles. The van der Waals surface area contributed by atoms with E-state index in [9.17, 15) is 14.4 Å². The third kappa shape index (κ3) is 5.62. The minimum atomic E-state index is -0.486. The van der Waals surface area contributed by atoms with Gasteiger partial charge in [0, 0.05) is 16.8 Å². The predicted molar refractivity (Wildman–Crippen MR) is 113 cm³/mol. The van der Waals surface area contributed by atoms with Gasteiger partial charge in [-0.2, -0.15) is 0 Å². The number of hydrogen-bond donors (Lipinski definition) is 2. The number of hydrogen-bond acceptors (Lipinski definition) is 3. The highest BCUT2D eigenvalue weighted by atomic mass is 16.2. The lowest BCUT2D eigenvalue weighted by Gasteiger charge is -2.19. The van der Waals surface area contributed by atoms with Crippen LogP contribution in [0.2, 0.25) is 0 Å². The van der Waals surface area contributed by atoms with Gasteiger partial charge in [-0.05, 0) is 36.8 Å². The van der Waals surface area contributed by atoms with E-state index < -0.39 is 6.04 Å². The van der Waals surface area contributed by atoms with Crippen molar-refractivity contribution in [2.24, 2.45) is 0 Å². The minimum Gasteiger partial charge on any atom is -0.345 e. The van der Waals surface area contributed by atoms with Crippen LogP contribution in [0.4, 0.5) is 5.69 Å². The number of ketones is 1. The molecule has 0 radical (unpaired) electrons. The number of nitrogens with one attached hydrogen (secondary N) is 2. The highest BCUT2D eigenvalue weighted by Gasteiger charge is 2.19. The first-order chi connectivity index (χ1) is 14.0. The molecule has 1 atom stereocenters. The molecular formula is C24H22N2O3. The van der Waals surface area contributed by atoms with E-state index in [4.69, 9.17) is 0 Å². The summed E-state index contributed by atoms with van der Waals surface area (Å²) in [6, 6.07) is 24.5. The molecular weight excluding hydrogens is 364 g/mol. The largest absolute Gasteiger partial charge is 0.345 e. The van der Waals surface area contributed by atoms with Crippen molar-refractivity contribution in [3.05, 3.63) is 102 Å². The maximum Gasteiger partial charge on any atom is 0.251 e. The van der Waals surface area contributed by atoms with Gasteiger partial charge < -0.3 is 10.6 Å². The van der Waals surface area contributed by atoms with Crippen molar-refractivity contribution in [2.45, 2.75) is 19.4 Å². The van der Waals surface area contributed by atoms with Crippen molar-refractivity contribution >= 4 is 23.3 Å². The molecule has 146 valence electrons. The highest BCUT2D eigenvalue weighted by Crippen LogP contribution is 2.19. The standard InChI is InChI=1S/C24H22N2O3/c1-17(27)20-13-8-14-21(15-20)25-23(28)16-22(18-9-4-2-5-10-18)26-24(29)19-11-6-3-7-12-19/h2-15,22H,16H2,1H3,(H,25,28)(H,26,29)/t22-/m0/s1. The van der Waals surface area contributed by atoms with Gasteiger partial charge in [-0.15, -0.1) is 0 Å². The SMILES string of the molecule is CC(=O)c1cccc(NC(=O)C[C@H](NC(=O)c2ccccc2)c2ccccc2)c1. The predicted octanol–water partition coefficient (Wildman–Crippen LogP) is 4.39. The van der Waals surface area contributed by atoms with Crippen LogP contribution in [0.1, 0.15) is 45.7 Å². The monoisotopic (exact) mass is 386 g/mol. The van der Waals surface area contributed by atoms with Gasteiger partial charge in [0.15, 0.2) is 5.78 Å². The number of carbonyl (C=O) groups excluding carboxylic acids is 3. The summed E-state index contributed by atoms with van der Waals surface area (Å²) < 4.78 is 0. The number of rotatable bonds is 7. The quantitative estimate of drug-likeness (QED) is 0.592. The minimum absolute atomic E-state index is 0.0624. The maximum atomic E-state index is 12.6.